The molecule has 1 fully saturated rings. The quantitative estimate of drug-likeness (QED) is 0.131. The summed E-state index contributed by atoms with van der Waals surface area (Å²) in [6, 6.07) is 31.2. The number of hydrogen-bond donors (Lipinski definition) is 2. The largest absolute Gasteiger partial charge is 0.399 e. The van der Waals surface area contributed by atoms with Gasteiger partial charge in [0.2, 0.25) is 0 Å². The second-order valence-electron chi connectivity index (χ2n) is 13.4. The molecule has 0 heterocycles. The van der Waals surface area contributed by atoms with Gasteiger partial charge < -0.3 is 11.5 Å². The van der Waals surface area contributed by atoms with E-state index in [1.807, 2.05) is 24.3 Å². The van der Waals surface area contributed by atoms with Crippen molar-refractivity contribution in [2.45, 2.75) is 103 Å². The van der Waals surface area contributed by atoms with Crippen molar-refractivity contribution in [2.75, 3.05) is 11.5 Å². The Morgan fingerprint density at radius 3 is 1.47 bits per heavy atom. The first-order chi connectivity index (χ1) is 20.9. The van der Waals surface area contributed by atoms with Crippen molar-refractivity contribution in [3.63, 3.8) is 0 Å². The Labute approximate surface area is 260 Å². The smallest absolute Gasteiger partial charge is 0.0314 e. The van der Waals surface area contributed by atoms with Gasteiger partial charge in [0, 0.05) is 16.8 Å². The molecule has 0 amide bonds. The van der Waals surface area contributed by atoms with Gasteiger partial charge >= 0.3 is 0 Å². The molecule has 5 rings (SSSR count). The third-order valence-corrected chi connectivity index (χ3v) is 10.1. The minimum atomic E-state index is 0.0757. The van der Waals surface area contributed by atoms with Crippen LogP contribution in [0.1, 0.15) is 116 Å². The van der Waals surface area contributed by atoms with Crippen molar-refractivity contribution >= 4 is 11.4 Å². The Hall–Kier alpha value is -3.52. The van der Waals surface area contributed by atoms with Crippen molar-refractivity contribution in [3.05, 3.63) is 129 Å². The summed E-state index contributed by atoms with van der Waals surface area (Å²) in [5, 5.41) is 0. The lowest BCUT2D eigenvalue weighted by atomic mass is 9.60. The lowest BCUT2D eigenvalue weighted by molar-refractivity contribution is 0.249. The van der Waals surface area contributed by atoms with Crippen LogP contribution in [0.5, 0.6) is 0 Å². The molecule has 0 aliphatic heterocycles. The second kappa shape index (κ2) is 14.3. The van der Waals surface area contributed by atoms with Crippen molar-refractivity contribution in [3.8, 4) is 0 Å². The molecule has 0 saturated heterocycles. The summed E-state index contributed by atoms with van der Waals surface area (Å²) in [5.74, 6) is 0.866. The maximum absolute atomic E-state index is 5.93. The molecule has 226 valence electrons. The molecule has 0 spiro atoms. The van der Waals surface area contributed by atoms with Gasteiger partial charge in [-0.25, -0.2) is 0 Å². The van der Waals surface area contributed by atoms with E-state index in [1.165, 1.54) is 109 Å². The summed E-state index contributed by atoms with van der Waals surface area (Å²) >= 11 is 0. The maximum Gasteiger partial charge on any atom is 0.0314 e. The lowest BCUT2D eigenvalue weighted by Crippen LogP contribution is -2.34. The Bertz CT molecular complexity index is 1360. The monoisotopic (exact) mass is 572 g/mol. The fourth-order valence-corrected chi connectivity index (χ4v) is 7.67. The Kier molecular flexibility index (Phi) is 10.3. The van der Waals surface area contributed by atoms with Crippen LogP contribution in [-0.4, -0.2) is 0 Å². The summed E-state index contributed by atoms with van der Waals surface area (Å²) in [5.41, 5.74) is 24.9. The molecule has 1 saturated carbocycles. The summed E-state index contributed by atoms with van der Waals surface area (Å²) in [6.45, 7) is 6.99. The molecule has 0 aromatic heterocycles. The zero-order valence-electron chi connectivity index (χ0n) is 26.8. The van der Waals surface area contributed by atoms with Crippen LogP contribution in [0.4, 0.5) is 11.4 Å². The van der Waals surface area contributed by atoms with E-state index in [1.54, 1.807) is 0 Å². The Balaban J connectivity index is 1.41. The molecule has 4 aromatic carbocycles. The molecule has 2 heteroatoms. The van der Waals surface area contributed by atoms with E-state index in [2.05, 4.69) is 81.4 Å². The zero-order chi connectivity index (χ0) is 30.2. The van der Waals surface area contributed by atoms with Crippen LogP contribution in [0.15, 0.2) is 84.9 Å². The molecule has 0 unspecified atom stereocenters. The highest BCUT2D eigenvalue weighted by Crippen LogP contribution is 2.49. The highest BCUT2D eigenvalue weighted by Gasteiger charge is 2.40. The predicted octanol–water partition coefficient (Wildman–Crippen LogP) is 10.5. The third kappa shape index (κ3) is 7.71. The summed E-state index contributed by atoms with van der Waals surface area (Å²) in [4.78, 5) is 0. The van der Waals surface area contributed by atoms with Gasteiger partial charge in [-0.05, 0) is 127 Å². The number of nitrogens with two attached hydrogens (primary N) is 2. The summed E-state index contributed by atoms with van der Waals surface area (Å²) in [7, 11) is 0. The first kappa shape index (κ1) is 30.9. The first-order valence-electron chi connectivity index (χ1n) is 16.7. The van der Waals surface area contributed by atoms with Crippen LogP contribution in [0.25, 0.3) is 0 Å². The number of unbranched alkanes of at least 4 members (excludes halogenated alkanes) is 4. The highest BCUT2D eigenvalue weighted by molar-refractivity contribution is 5.50. The fraction of sp³-hybridized carbons (Fsp3) is 0.415. The van der Waals surface area contributed by atoms with Gasteiger partial charge in [0.1, 0.15) is 0 Å². The Morgan fingerprint density at radius 1 is 0.581 bits per heavy atom. The minimum Gasteiger partial charge on any atom is -0.399 e. The molecule has 1 aliphatic carbocycles. The van der Waals surface area contributed by atoms with Crippen molar-refractivity contribution in [1.82, 2.24) is 0 Å². The van der Waals surface area contributed by atoms with Crippen LogP contribution < -0.4 is 11.5 Å². The van der Waals surface area contributed by atoms with E-state index in [-0.39, 0.29) is 5.41 Å². The number of benzene rings is 4. The average molecular weight is 573 g/mol. The van der Waals surface area contributed by atoms with Gasteiger partial charge in [-0.1, -0.05) is 106 Å². The van der Waals surface area contributed by atoms with Crippen LogP contribution >= 0.6 is 0 Å². The van der Waals surface area contributed by atoms with Crippen molar-refractivity contribution in [2.24, 2.45) is 5.92 Å². The van der Waals surface area contributed by atoms with Crippen molar-refractivity contribution < 1.29 is 0 Å². The van der Waals surface area contributed by atoms with Gasteiger partial charge in [-0.15, -0.1) is 0 Å². The van der Waals surface area contributed by atoms with Gasteiger partial charge in [0.15, 0.2) is 0 Å². The number of aryl methyl sites for hydroxylation is 2. The molecular weight excluding hydrogens is 520 g/mol. The normalized spacial score (nSPS) is 15.0. The molecule has 4 N–H and O–H groups in total. The first-order valence-corrected chi connectivity index (χ1v) is 16.7. The van der Waals surface area contributed by atoms with Gasteiger partial charge in [0.05, 0.1) is 0 Å². The van der Waals surface area contributed by atoms with E-state index >= 15 is 0 Å². The number of rotatable bonds is 12. The lowest BCUT2D eigenvalue weighted by Gasteiger charge is -2.43. The van der Waals surface area contributed by atoms with Crippen LogP contribution in [0, 0.1) is 19.8 Å². The number of anilines is 2. The maximum atomic E-state index is 5.93. The third-order valence-electron chi connectivity index (χ3n) is 10.1. The molecule has 0 atom stereocenters. The zero-order valence-corrected chi connectivity index (χ0v) is 26.8. The van der Waals surface area contributed by atoms with Gasteiger partial charge in [-0.3, -0.25) is 0 Å². The van der Waals surface area contributed by atoms with E-state index in [0.717, 1.165) is 30.1 Å². The molecule has 1 aliphatic rings. The molecule has 43 heavy (non-hydrogen) atoms. The van der Waals surface area contributed by atoms with Crippen LogP contribution in [0.3, 0.4) is 0 Å². The Morgan fingerprint density at radius 2 is 1.02 bits per heavy atom. The van der Waals surface area contributed by atoms with Crippen LogP contribution in [-0.2, 0) is 18.3 Å². The van der Waals surface area contributed by atoms with E-state index in [9.17, 15) is 0 Å². The number of hydrogen-bond acceptors (Lipinski definition) is 2. The standard InChI is InChI=1S/C41H52N2/c1-4-5-6-7-8-9-32-22-24-41(25-23-32,39-20-14-35(26-30(39)2)28-33-10-16-37(42)17-11-33)40-21-15-36(27-31(40)3)29-34-12-18-38(43)19-13-34/h10-21,26-27,32H,4-9,22-25,28-29,42-43H2,1-3H3. The van der Waals surface area contributed by atoms with Gasteiger partial charge in [0.25, 0.3) is 0 Å². The topological polar surface area (TPSA) is 52.0 Å². The van der Waals surface area contributed by atoms with Crippen molar-refractivity contribution in [1.29, 1.82) is 0 Å². The average Bonchev–Trinajstić information content (AvgIpc) is 3.00. The highest BCUT2D eigenvalue weighted by atomic mass is 14.5. The molecular formula is C41H52N2. The SMILES string of the molecule is CCCCCCCC1CCC(c2ccc(Cc3ccc(N)cc3)cc2C)(c2ccc(Cc3ccc(N)cc3)cc2C)CC1. The summed E-state index contributed by atoms with van der Waals surface area (Å²) < 4.78 is 0. The fourth-order valence-electron chi connectivity index (χ4n) is 7.67. The van der Waals surface area contributed by atoms with Crippen LogP contribution in [0.2, 0.25) is 0 Å². The molecule has 0 radical (unpaired) electrons. The summed E-state index contributed by atoms with van der Waals surface area (Å²) in [6.07, 6.45) is 15.3. The second-order valence-corrected chi connectivity index (χ2v) is 13.4. The molecule has 4 aromatic rings. The number of nitrogen functional groups attached to an aromatic ring is 2. The van der Waals surface area contributed by atoms with E-state index in [4.69, 9.17) is 11.5 Å². The predicted molar refractivity (Wildman–Crippen MR) is 186 cm³/mol. The van der Waals surface area contributed by atoms with Gasteiger partial charge in [-0.2, -0.15) is 0 Å². The van der Waals surface area contributed by atoms with E-state index < -0.39 is 0 Å². The minimum absolute atomic E-state index is 0.0757. The van der Waals surface area contributed by atoms with E-state index in [0.29, 0.717) is 0 Å². The molecule has 2 nitrogen and oxygen atoms in total. The molecule has 0 bridgehead atoms.